The summed E-state index contributed by atoms with van der Waals surface area (Å²) >= 11 is 1.70. The van der Waals surface area contributed by atoms with E-state index in [0.29, 0.717) is 11.4 Å². The van der Waals surface area contributed by atoms with Gasteiger partial charge in [0, 0.05) is 28.3 Å². The molecule has 2 aromatic heterocycles. The molecule has 150 valence electrons. The maximum absolute atomic E-state index is 13.0. The molecule has 6 heteroatoms. The third-order valence-corrected chi connectivity index (χ3v) is 6.09. The molecular formula is C23H24N2O3S. The number of likely N-dealkylation sites (N-methyl/N-ethyl adjacent to an activating group) is 1. The molecule has 1 atom stereocenters. The van der Waals surface area contributed by atoms with Gasteiger partial charge in [-0.3, -0.25) is 9.69 Å². The van der Waals surface area contributed by atoms with Crippen LogP contribution in [0.2, 0.25) is 0 Å². The molecule has 0 aliphatic heterocycles. The van der Waals surface area contributed by atoms with Crippen molar-refractivity contribution in [1.82, 2.24) is 4.90 Å². The van der Waals surface area contributed by atoms with Gasteiger partial charge in [-0.15, -0.1) is 11.3 Å². The summed E-state index contributed by atoms with van der Waals surface area (Å²) < 4.78 is 11.5. The highest BCUT2D eigenvalue weighted by Crippen LogP contribution is 2.36. The van der Waals surface area contributed by atoms with Crippen molar-refractivity contribution < 1.29 is 13.9 Å². The molecule has 4 rings (SSSR count). The van der Waals surface area contributed by atoms with Crippen molar-refractivity contribution in [3.63, 3.8) is 0 Å². The minimum atomic E-state index is -0.279. The summed E-state index contributed by atoms with van der Waals surface area (Å²) in [6, 6.07) is 15.5. The average Bonchev–Trinajstić information content (AvgIpc) is 3.37. The van der Waals surface area contributed by atoms with Crippen molar-refractivity contribution in [3.8, 4) is 5.75 Å². The van der Waals surface area contributed by atoms with E-state index in [2.05, 4.69) is 28.6 Å². The van der Waals surface area contributed by atoms with Gasteiger partial charge in [0.1, 0.15) is 16.9 Å². The quantitative estimate of drug-likeness (QED) is 0.438. The lowest BCUT2D eigenvalue weighted by atomic mass is 10.1. The lowest BCUT2D eigenvalue weighted by Gasteiger charge is -2.26. The molecule has 1 N–H and O–H groups in total. The van der Waals surface area contributed by atoms with Gasteiger partial charge in [0.05, 0.1) is 18.8 Å². The Bertz CT molecular complexity index is 1130. The first-order chi connectivity index (χ1) is 14.1. The molecular weight excluding hydrogens is 384 g/mol. The Morgan fingerprint density at radius 1 is 1.17 bits per heavy atom. The van der Waals surface area contributed by atoms with Crippen molar-refractivity contribution >= 4 is 44.9 Å². The van der Waals surface area contributed by atoms with Gasteiger partial charge in [-0.1, -0.05) is 31.2 Å². The van der Waals surface area contributed by atoms with Crippen LogP contribution in [0.5, 0.6) is 5.75 Å². The summed E-state index contributed by atoms with van der Waals surface area (Å²) in [6.07, 6.45) is 0. The van der Waals surface area contributed by atoms with E-state index >= 15 is 0 Å². The molecule has 0 radical (unpaired) electrons. The lowest BCUT2D eigenvalue weighted by Crippen LogP contribution is -2.41. The number of thiophene rings is 1. The number of furan rings is 1. The van der Waals surface area contributed by atoms with E-state index in [1.807, 2.05) is 49.4 Å². The highest BCUT2D eigenvalue weighted by Gasteiger charge is 2.22. The number of anilines is 1. The fourth-order valence-corrected chi connectivity index (χ4v) is 4.28. The van der Waals surface area contributed by atoms with Crippen LogP contribution < -0.4 is 10.1 Å². The van der Waals surface area contributed by atoms with Crippen molar-refractivity contribution in [2.75, 3.05) is 19.0 Å². The molecule has 0 aliphatic rings. The van der Waals surface area contributed by atoms with Crippen molar-refractivity contribution in [2.45, 2.75) is 26.4 Å². The first-order valence-corrected chi connectivity index (χ1v) is 10.5. The van der Waals surface area contributed by atoms with E-state index in [1.54, 1.807) is 18.4 Å². The Morgan fingerprint density at radius 3 is 2.72 bits per heavy atom. The minimum absolute atomic E-state index is 0.0721. The van der Waals surface area contributed by atoms with Crippen LogP contribution in [0.4, 0.5) is 5.69 Å². The molecule has 0 spiro atoms. The average molecular weight is 409 g/mol. The Kier molecular flexibility index (Phi) is 5.56. The maximum Gasteiger partial charge on any atom is 0.241 e. The number of carbonyl (C=O) groups excluding carboxylic acids is 1. The Hall–Kier alpha value is -2.83. The molecule has 0 saturated carbocycles. The molecule has 0 saturated heterocycles. The zero-order valence-electron chi connectivity index (χ0n) is 16.8. The first-order valence-electron chi connectivity index (χ1n) is 9.67. The van der Waals surface area contributed by atoms with Gasteiger partial charge in [-0.05, 0) is 37.0 Å². The number of rotatable bonds is 7. The Morgan fingerprint density at radius 2 is 2.00 bits per heavy atom. The number of hydrogen-bond donors (Lipinski definition) is 1. The van der Waals surface area contributed by atoms with Crippen LogP contribution >= 0.6 is 11.3 Å². The molecule has 2 heterocycles. The number of nitrogens with one attached hydrogen (secondary N) is 1. The number of para-hydroxylation sites is 1. The van der Waals surface area contributed by atoms with Crippen LogP contribution in [0.3, 0.4) is 0 Å². The summed E-state index contributed by atoms with van der Waals surface area (Å²) in [4.78, 5) is 16.4. The van der Waals surface area contributed by atoms with Crippen LogP contribution in [0.1, 0.15) is 18.7 Å². The van der Waals surface area contributed by atoms with Gasteiger partial charge < -0.3 is 14.5 Å². The molecule has 0 fully saturated rings. The molecule has 0 bridgehead atoms. The number of fused-ring (bicyclic) bond motifs is 3. The second-order valence-corrected chi connectivity index (χ2v) is 7.99. The Labute approximate surface area is 173 Å². The summed E-state index contributed by atoms with van der Waals surface area (Å²) in [5, 5.41) is 7.08. The number of methoxy groups -OCH3 is 1. The van der Waals surface area contributed by atoms with Crippen LogP contribution in [0.15, 0.2) is 58.3 Å². The fourth-order valence-electron chi connectivity index (χ4n) is 3.55. The highest BCUT2D eigenvalue weighted by molar-refractivity contribution is 7.09. The predicted octanol–water partition coefficient (Wildman–Crippen LogP) is 5.51. The predicted molar refractivity (Wildman–Crippen MR) is 119 cm³/mol. The van der Waals surface area contributed by atoms with E-state index in [4.69, 9.17) is 9.15 Å². The summed E-state index contributed by atoms with van der Waals surface area (Å²) in [5.41, 5.74) is 2.15. The van der Waals surface area contributed by atoms with E-state index in [0.717, 1.165) is 35.0 Å². The molecule has 4 aromatic rings. The standard InChI is InChI=1S/C23H24N2O3S/c1-4-25(14-16-8-7-11-29-16)15(2)23(26)24-19-13-21-18(12-22(19)27-3)17-9-5-6-10-20(17)28-21/h5-13,15H,4,14H2,1-3H3,(H,24,26)/t15-/m1/s1. The maximum atomic E-state index is 13.0. The topological polar surface area (TPSA) is 54.7 Å². The molecule has 1 amide bonds. The number of carbonyl (C=O) groups is 1. The van der Waals surface area contributed by atoms with Crippen molar-refractivity contribution in [3.05, 3.63) is 58.8 Å². The third kappa shape index (κ3) is 3.86. The largest absolute Gasteiger partial charge is 0.495 e. The van der Waals surface area contributed by atoms with E-state index in [9.17, 15) is 4.79 Å². The summed E-state index contributed by atoms with van der Waals surface area (Å²) in [5.74, 6) is 0.545. The van der Waals surface area contributed by atoms with Crippen LogP contribution in [-0.2, 0) is 11.3 Å². The van der Waals surface area contributed by atoms with Gasteiger partial charge >= 0.3 is 0 Å². The number of amides is 1. The van der Waals surface area contributed by atoms with Crippen LogP contribution in [0.25, 0.3) is 21.9 Å². The Balaban J connectivity index is 1.60. The van der Waals surface area contributed by atoms with Crippen molar-refractivity contribution in [2.24, 2.45) is 0 Å². The smallest absolute Gasteiger partial charge is 0.241 e. The first kappa shape index (κ1) is 19.5. The fraction of sp³-hybridized carbons (Fsp3) is 0.261. The van der Waals surface area contributed by atoms with Gasteiger partial charge in [-0.25, -0.2) is 0 Å². The molecule has 0 unspecified atom stereocenters. The normalized spacial score (nSPS) is 12.6. The number of ether oxygens (including phenoxy) is 1. The summed E-state index contributed by atoms with van der Waals surface area (Å²) in [7, 11) is 1.61. The van der Waals surface area contributed by atoms with E-state index in [-0.39, 0.29) is 11.9 Å². The van der Waals surface area contributed by atoms with Gasteiger partial charge in [0.15, 0.2) is 0 Å². The highest BCUT2D eigenvalue weighted by atomic mass is 32.1. The van der Waals surface area contributed by atoms with Crippen molar-refractivity contribution in [1.29, 1.82) is 0 Å². The van der Waals surface area contributed by atoms with E-state index in [1.165, 1.54) is 4.88 Å². The molecule has 29 heavy (non-hydrogen) atoms. The number of benzene rings is 2. The minimum Gasteiger partial charge on any atom is -0.495 e. The van der Waals surface area contributed by atoms with Crippen LogP contribution in [0, 0.1) is 0 Å². The number of hydrogen-bond acceptors (Lipinski definition) is 5. The lowest BCUT2D eigenvalue weighted by molar-refractivity contribution is -0.120. The number of nitrogens with zero attached hydrogens (tertiary/aromatic N) is 1. The summed E-state index contributed by atoms with van der Waals surface area (Å²) in [6.45, 7) is 5.53. The van der Waals surface area contributed by atoms with Crippen LogP contribution in [-0.4, -0.2) is 30.5 Å². The molecule has 0 aliphatic carbocycles. The molecule has 2 aromatic carbocycles. The molecule has 5 nitrogen and oxygen atoms in total. The third-order valence-electron chi connectivity index (χ3n) is 5.23. The monoisotopic (exact) mass is 408 g/mol. The van der Waals surface area contributed by atoms with Gasteiger partial charge in [0.2, 0.25) is 5.91 Å². The van der Waals surface area contributed by atoms with E-state index < -0.39 is 0 Å². The second-order valence-electron chi connectivity index (χ2n) is 6.95. The second kappa shape index (κ2) is 8.27. The zero-order valence-corrected chi connectivity index (χ0v) is 17.6. The zero-order chi connectivity index (χ0) is 20.4. The van der Waals surface area contributed by atoms with Gasteiger partial charge in [-0.2, -0.15) is 0 Å². The van der Waals surface area contributed by atoms with Gasteiger partial charge in [0.25, 0.3) is 0 Å². The SMILES string of the molecule is CCN(Cc1cccs1)[C@H](C)C(=O)Nc1cc2oc3ccccc3c2cc1OC.